The average Bonchev–Trinajstić information content (AvgIpc) is 3.14. The van der Waals surface area contributed by atoms with Gasteiger partial charge in [-0.25, -0.2) is 0 Å². The van der Waals surface area contributed by atoms with Gasteiger partial charge in [-0.3, -0.25) is 4.79 Å². The molecule has 3 aromatic rings. The van der Waals surface area contributed by atoms with Crippen molar-refractivity contribution in [1.29, 1.82) is 0 Å². The number of ether oxygens (including phenoxy) is 1. The van der Waals surface area contributed by atoms with Crippen molar-refractivity contribution in [2.75, 3.05) is 18.2 Å². The van der Waals surface area contributed by atoms with Crippen LogP contribution < -0.4 is 10.1 Å². The van der Waals surface area contributed by atoms with Crippen LogP contribution in [0.25, 0.3) is 0 Å². The second kappa shape index (κ2) is 9.61. The summed E-state index contributed by atoms with van der Waals surface area (Å²) in [6, 6.07) is 17.6. The van der Waals surface area contributed by atoms with E-state index in [0.29, 0.717) is 11.4 Å². The molecular weight excluding hydrogens is 386 g/mol. The fourth-order valence-electron chi connectivity index (χ4n) is 2.09. The van der Waals surface area contributed by atoms with E-state index >= 15 is 0 Å². The Bertz CT molecular complexity index is 856. The highest BCUT2D eigenvalue weighted by Gasteiger charge is 2.11. The molecule has 26 heavy (non-hydrogen) atoms. The third kappa shape index (κ3) is 5.48. The number of thioether (sulfide) groups is 2. The van der Waals surface area contributed by atoms with Crippen LogP contribution in [0.15, 0.2) is 63.3 Å². The van der Waals surface area contributed by atoms with Crippen molar-refractivity contribution in [1.82, 2.24) is 10.2 Å². The molecule has 0 fully saturated rings. The molecule has 5 nitrogen and oxygen atoms in total. The van der Waals surface area contributed by atoms with Crippen molar-refractivity contribution in [3.05, 3.63) is 60.2 Å². The number of hydrogen-bond donors (Lipinski definition) is 1. The minimum atomic E-state index is -0.104. The molecule has 0 atom stereocenters. The third-order valence-electron chi connectivity index (χ3n) is 3.30. The van der Waals surface area contributed by atoms with Crippen LogP contribution in [0.1, 0.15) is 5.56 Å². The van der Waals surface area contributed by atoms with Crippen LogP contribution in [0.4, 0.5) is 5.69 Å². The number of nitrogens with one attached hydrogen (secondary N) is 1. The summed E-state index contributed by atoms with van der Waals surface area (Å²) in [6.07, 6.45) is 0. The highest BCUT2D eigenvalue weighted by Crippen LogP contribution is 2.31. The zero-order valence-corrected chi connectivity index (χ0v) is 16.5. The molecule has 0 spiro atoms. The largest absolute Gasteiger partial charge is 0.495 e. The lowest BCUT2D eigenvalue weighted by atomic mass is 10.2. The van der Waals surface area contributed by atoms with Gasteiger partial charge in [0.25, 0.3) is 0 Å². The van der Waals surface area contributed by atoms with Gasteiger partial charge in [-0.2, -0.15) is 0 Å². The first kappa shape index (κ1) is 18.8. The lowest BCUT2D eigenvalue weighted by molar-refractivity contribution is -0.113. The number of benzene rings is 2. The number of para-hydroxylation sites is 2. The topological polar surface area (TPSA) is 64.1 Å². The molecular formula is C18H17N3O2S3. The Kier molecular flexibility index (Phi) is 6.93. The number of hydrogen-bond acceptors (Lipinski definition) is 7. The van der Waals surface area contributed by atoms with E-state index in [4.69, 9.17) is 4.74 Å². The summed E-state index contributed by atoms with van der Waals surface area (Å²) in [5.41, 5.74) is 1.91. The van der Waals surface area contributed by atoms with Gasteiger partial charge in [0.05, 0.1) is 18.6 Å². The Balaban J connectivity index is 1.47. The first-order chi connectivity index (χ1) is 12.7. The molecule has 0 aliphatic rings. The minimum absolute atomic E-state index is 0.104. The third-order valence-corrected chi connectivity index (χ3v) is 6.56. The van der Waals surface area contributed by atoms with Crippen LogP contribution in [0.2, 0.25) is 0 Å². The van der Waals surface area contributed by atoms with Crippen molar-refractivity contribution in [3.63, 3.8) is 0 Å². The second-order valence-corrected chi connectivity index (χ2v) is 8.57. The van der Waals surface area contributed by atoms with Crippen LogP contribution in [0.5, 0.6) is 5.75 Å². The molecule has 2 aromatic carbocycles. The maximum atomic E-state index is 12.1. The van der Waals surface area contributed by atoms with Gasteiger partial charge in [-0.05, 0) is 17.7 Å². The summed E-state index contributed by atoms with van der Waals surface area (Å²) in [6.45, 7) is 0. The van der Waals surface area contributed by atoms with Crippen LogP contribution in [0.3, 0.4) is 0 Å². The molecule has 1 aromatic heterocycles. The smallest absolute Gasteiger partial charge is 0.234 e. The van der Waals surface area contributed by atoms with Gasteiger partial charge >= 0.3 is 0 Å². The standard InChI is InChI=1S/C18H17N3O2S3/c1-23-15-10-6-5-9-14(15)19-16(22)12-25-18-21-20-17(26-18)24-11-13-7-3-2-4-8-13/h2-10H,11-12H2,1H3,(H,19,22). The van der Waals surface area contributed by atoms with E-state index in [9.17, 15) is 4.79 Å². The fraction of sp³-hybridized carbons (Fsp3) is 0.167. The number of nitrogens with zero attached hydrogens (tertiary/aromatic N) is 2. The predicted octanol–water partition coefficient (Wildman–Crippen LogP) is 4.57. The summed E-state index contributed by atoms with van der Waals surface area (Å²) >= 11 is 4.54. The molecule has 3 rings (SSSR count). The van der Waals surface area contributed by atoms with Gasteiger partial charge in [0.1, 0.15) is 5.75 Å². The van der Waals surface area contributed by atoms with Gasteiger partial charge in [0, 0.05) is 5.75 Å². The summed E-state index contributed by atoms with van der Waals surface area (Å²) in [5, 5.41) is 11.2. The first-order valence-electron chi connectivity index (χ1n) is 7.80. The van der Waals surface area contributed by atoms with Gasteiger partial charge in [-0.15, -0.1) is 10.2 Å². The summed E-state index contributed by atoms with van der Waals surface area (Å²) in [5.74, 6) is 1.67. The van der Waals surface area contributed by atoms with E-state index in [1.165, 1.54) is 28.7 Å². The molecule has 0 aliphatic heterocycles. The lowest BCUT2D eigenvalue weighted by Gasteiger charge is -2.08. The van der Waals surface area contributed by atoms with Crippen LogP contribution in [0, 0.1) is 0 Å². The molecule has 1 amide bonds. The van der Waals surface area contributed by atoms with Crippen LogP contribution in [-0.4, -0.2) is 29.0 Å². The second-order valence-electron chi connectivity index (χ2n) is 5.15. The van der Waals surface area contributed by atoms with Crippen LogP contribution in [-0.2, 0) is 10.5 Å². The SMILES string of the molecule is COc1ccccc1NC(=O)CSc1nnc(SCc2ccccc2)s1. The molecule has 0 aliphatic carbocycles. The van der Waals surface area contributed by atoms with Crippen molar-refractivity contribution in [3.8, 4) is 5.75 Å². The summed E-state index contributed by atoms with van der Waals surface area (Å²) in [7, 11) is 1.58. The predicted molar refractivity (Wildman–Crippen MR) is 108 cm³/mol. The molecule has 0 radical (unpaired) electrons. The maximum absolute atomic E-state index is 12.1. The maximum Gasteiger partial charge on any atom is 0.234 e. The Morgan fingerprint density at radius 1 is 1.04 bits per heavy atom. The van der Waals surface area contributed by atoms with Gasteiger partial charge in [0.15, 0.2) is 8.68 Å². The highest BCUT2D eigenvalue weighted by atomic mass is 32.2. The van der Waals surface area contributed by atoms with Gasteiger partial charge in [-0.1, -0.05) is 77.3 Å². The Morgan fingerprint density at radius 2 is 1.73 bits per heavy atom. The zero-order valence-electron chi connectivity index (χ0n) is 14.0. The number of methoxy groups -OCH3 is 1. The highest BCUT2D eigenvalue weighted by molar-refractivity contribution is 8.03. The van der Waals surface area contributed by atoms with E-state index in [1.54, 1.807) is 18.9 Å². The normalized spacial score (nSPS) is 10.5. The van der Waals surface area contributed by atoms with E-state index < -0.39 is 0 Å². The van der Waals surface area contributed by atoms with E-state index in [2.05, 4.69) is 27.6 Å². The minimum Gasteiger partial charge on any atom is -0.495 e. The Hall–Kier alpha value is -2.03. The molecule has 0 saturated carbocycles. The number of anilines is 1. The van der Waals surface area contributed by atoms with Crippen molar-refractivity contribution < 1.29 is 9.53 Å². The molecule has 0 bridgehead atoms. The molecule has 0 saturated heterocycles. The fourth-order valence-corrected chi connectivity index (χ4v) is 4.87. The summed E-state index contributed by atoms with van der Waals surface area (Å²) in [4.78, 5) is 12.1. The first-order valence-corrected chi connectivity index (χ1v) is 10.6. The summed E-state index contributed by atoms with van der Waals surface area (Å²) < 4.78 is 6.92. The number of carbonyl (C=O) groups excluding carboxylic acids is 1. The van der Waals surface area contributed by atoms with E-state index in [-0.39, 0.29) is 11.7 Å². The molecule has 134 valence electrons. The number of rotatable bonds is 8. The van der Waals surface area contributed by atoms with E-state index in [1.807, 2.05) is 42.5 Å². The molecule has 8 heteroatoms. The Morgan fingerprint density at radius 3 is 2.50 bits per heavy atom. The van der Waals surface area contributed by atoms with Gasteiger partial charge < -0.3 is 10.1 Å². The quantitative estimate of drug-likeness (QED) is 0.556. The zero-order chi connectivity index (χ0) is 18.2. The number of carbonyl (C=O) groups is 1. The Labute approximate surface area is 164 Å². The van der Waals surface area contributed by atoms with E-state index in [0.717, 1.165) is 14.4 Å². The molecule has 0 unspecified atom stereocenters. The lowest BCUT2D eigenvalue weighted by Crippen LogP contribution is -2.14. The van der Waals surface area contributed by atoms with Gasteiger partial charge in [0.2, 0.25) is 5.91 Å². The van der Waals surface area contributed by atoms with Crippen molar-refractivity contribution in [2.45, 2.75) is 14.4 Å². The molecule has 1 N–H and O–H groups in total. The monoisotopic (exact) mass is 403 g/mol. The number of amides is 1. The average molecular weight is 404 g/mol. The van der Waals surface area contributed by atoms with Crippen LogP contribution >= 0.6 is 34.9 Å². The molecule has 1 heterocycles. The van der Waals surface area contributed by atoms with Crippen molar-refractivity contribution >= 4 is 46.5 Å². The van der Waals surface area contributed by atoms with Crippen molar-refractivity contribution in [2.24, 2.45) is 0 Å². The number of aromatic nitrogens is 2.